The zero-order valence-electron chi connectivity index (χ0n) is 11.4. The molecule has 0 spiro atoms. The molecule has 0 aromatic carbocycles. The average Bonchev–Trinajstić information content (AvgIpc) is 3.01. The minimum absolute atomic E-state index is 0.0766. The summed E-state index contributed by atoms with van der Waals surface area (Å²) in [5, 5.41) is 0. The van der Waals surface area contributed by atoms with E-state index < -0.39 is 0 Å². The van der Waals surface area contributed by atoms with Crippen LogP contribution in [0.1, 0.15) is 46.5 Å². The summed E-state index contributed by atoms with van der Waals surface area (Å²) in [4.78, 5) is 24.5. The first-order chi connectivity index (χ1) is 8.54. The molecule has 2 heterocycles. The summed E-state index contributed by atoms with van der Waals surface area (Å²) in [6, 6.07) is 0. The molecule has 1 saturated heterocycles. The number of hydrogen-bond donors (Lipinski definition) is 0. The predicted octanol–water partition coefficient (Wildman–Crippen LogP) is 2.04. The smallest absolute Gasteiger partial charge is 0.256 e. The number of nitrogens with zero attached hydrogens (tertiary/aromatic N) is 1. The Bertz CT molecular complexity index is 396. The second-order valence-electron chi connectivity index (χ2n) is 5.14. The number of carbonyl (C=O) groups excluding carboxylic acids is 2. The van der Waals surface area contributed by atoms with Gasteiger partial charge in [-0.25, -0.2) is 0 Å². The number of rotatable bonds is 6. The molecule has 1 fully saturated rings. The molecular weight excluding hydrogens is 230 g/mol. The molecule has 1 unspecified atom stereocenters. The lowest BCUT2D eigenvalue weighted by molar-refractivity contribution is -0.137. The number of imide groups is 1. The minimum atomic E-state index is -0.175. The average molecular weight is 251 g/mol. The maximum Gasteiger partial charge on any atom is 0.256 e. The number of epoxide rings is 1. The topological polar surface area (TPSA) is 49.9 Å². The lowest BCUT2D eigenvalue weighted by Gasteiger charge is -2.14. The summed E-state index contributed by atoms with van der Waals surface area (Å²) in [6.07, 6.45) is 5.56. The molecule has 0 saturated carbocycles. The largest absolute Gasteiger partial charge is 0.366 e. The molecular formula is C14H21NO3. The van der Waals surface area contributed by atoms with Gasteiger partial charge >= 0.3 is 0 Å². The second kappa shape index (κ2) is 4.84. The first-order valence-electron chi connectivity index (χ1n) is 6.76. The van der Waals surface area contributed by atoms with Crippen LogP contribution in [-0.2, 0) is 14.3 Å². The first kappa shape index (κ1) is 13.3. The molecule has 0 aromatic heterocycles. The SMILES string of the molecule is CCC1(CC)OC1CCCN1C(=O)C=C(C)C1=O. The van der Waals surface area contributed by atoms with Gasteiger partial charge in [-0.3, -0.25) is 14.5 Å². The highest BCUT2D eigenvalue weighted by Gasteiger charge is 2.52. The van der Waals surface area contributed by atoms with Gasteiger partial charge in [-0.05, 0) is 32.6 Å². The van der Waals surface area contributed by atoms with Crippen LogP contribution < -0.4 is 0 Å². The van der Waals surface area contributed by atoms with Gasteiger partial charge in [0.05, 0.1) is 11.7 Å². The van der Waals surface area contributed by atoms with E-state index in [4.69, 9.17) is 4.74 Å². The molecule has 0 radical (unpaired) electrons. The van der Waals surface area contributed by atoms with Gasteiger partial charge in [-0.2, -0.15) is 0 Å². The number of amides is 2. The Morgan fingerprint density at radius 3 is 2.44 bits per heavy atom. The van der Waals surface area contributed by atoms with Crippen LogP contribution in [0.3, 0.4) is 0 Å². The number of hydrogen-bond acceptors (Lipinski definition) is 3. The van der Waals surface area contributed by atoms with Crippen molar-refractivity contribution < 1.29 is 14.3 Å². The number of carbonyl (C=O) groups is 2. The zero-order valence-corrected chi connectivity index (χ0v) is 11.4. The third-order valence-electron chi connectivity index (χ3n) is 4.14. The van der Waals surface area contributed by atoms with E-state index in [9.17, 15) is 9.59 Å². The molecule has 100 valence electrons. The summed E-state index contributed by atoms with van der Waals surface area (Å²) in [6.45, 7) is 6.48. The van der Waals surface area contributed by atoms with Gasteiger partial charge < -0.3 is 4.74 Å². The van der Waals surface area contributed by atoms with Crippen LogP contribution in [-0.4, -0.2) is 35.0 Å². The van der Waals surface area contributed by atoms with E-state index in [0.717, 1.165) is 25.7 Å². The van der Waals surface area contributed by atoms with Crippen molar-refractivity contribution >= 4 is 11.8 Å². The van der Waals surface area contributed by atoms with Crippen LogP contribution in [0.15, 0.2) is 11.6 Å². The van der Waals surface area contributed by atoms with Crippen LogP contribution in [0.2, 0.25) is 0 Å². The van der Waals surface area contributed by atoms with Crippen molar-refractivity contribution in [3.63, 3.8) is 0 Å². The molecule has 2 aliphatic rings. The molecule has 2 aliphatic heterocycles. The minimum Gasteiger partial charge on any atom is -0.366 e. The van der Waals surface area contributed by atoms with E-state index in [2.05, 4.69) is 13.8 Å². The fourth-order valence-corrected chi connectivity index (χ4v) is 2.73. The molecule has 0 bridgehead atoms. The van der Waals surface area contributed by atoms with Crippen LogP contribution in [0.4, 0.5) is 0 Å². The van der Waals surface area contributed by atoms with Crippen molar-refractivity contribution in [2.24, 2.45) is 0 Å². The summed E-state index contributed by atoms with van der Waals surface area (Å²) >= 11 is 0. The van der Waals surface area contributed by atoms with Gasteiger partial charge in [0.25, 0.3) is 11.8 Å². The van der Waals surface area contributed by atoms with Crippen LogP contribution in [0.5, 0.6) is 0 Å². The first-order valence-corrected chi connectivity index (χ1v) is 6.76. The maximum atomic E-state index is 11.7. The van der Waals surface area contributed by atoms with Gasteiger partial charge in [0, 0.05) is 18.2 Å². The zero-order chi connectivity index (χ0) is 13.3. The van der Waals surface area contributed by atoms with Crippen molar-refractivity contribution in [3.8, 4) is 0 Å². The van der Waals surface area contributed by atoms with Crippen LogP contribution >= 0.6 is 0 Å². The van der Waals surface area contributed by atoms with Gasteiger partial charge in [0.15, 0.2) is 0 Å². The van der Waals surface area contributed by atoms with E-state index >= 15 is 0 Å². The Kier molecular flexibility index (Phi) is 3.57. The normalized spacial score (nSPS) is 25.6. The number of ether oxygens (including phenoxy) is 1. The lowest BCUT2D eigenvalue weighted by Crippen LogP contribution is -2.32. The maximum absolute atomic E-state index is 11.7. The molecule has 0 aliphatic carbocycles. The molecule has 2 amide bonds. The molecule has 0 aromatic rings. The Morgan fingerprint density at radius 2 is 2.00 bits per heavy atom. The lowest BCUT2D eigenvalue weighted by atomic mass is 9.96. The van der Waals surface area contributed by atoms with Crippen molar-refractivity contribution in [1.29, 1.82) is 0 Å². The van der Waals surface area contributed by atoms with Gasteiger partial charge in [-0.1, -0.05) is 13.8 Å². The van der Waals surface area contributed by atoms with E-state index in [1.165, 1.54) is 11.0 Å². The van der Waals surface area contributed by atoms with Crippen molar-refractivity contribution in [2.75, 3.05) is 6.54 Å². The molecule has 0 N–H and O–H groups in total. The summed E-state index contributed by atoms with van der Waals surface area (Å²) < 4.78 is 5.74. The molecule has 4 nitrogen and oxygen atoms in total. The third-order valence-corrected chi connectivity index (χ3v) is 4.14. The van der Waals surface area contributed by atoms with Crippen molar-refractivity contribution in [3.05, 3.63) is 11.6 Å². The van der Waals surface area contributed by atoms with E-state index in [0.29, 0.717) is 18.2 Å². The van der Waals surface area contributed by atoms with Crippen LogP contribution in [0.25, 0.3) is 0 Å². The van der Waals surface area contributed by atoms with Crippen LogP contribution in [0, 0.1) is 0 Å². The monoisotopic (exact) mass is 251 g/mol. The van der Waals surface area contributed by atoms with Gasteiger partial charge in [0.1, 0.15) is 0 Å². The summed E-state index contributed by atoms with van der Waals surface area (Å²) in [7, 11) is 0. The Labute approximate surface area is 108 Å². The highest BCUT2D eigenvalue weighted by atomic mass is 16.6. The van der Waals surface area contributed by atoms with E-state index in [-0.39, 0.29) is 17.4 Å². The van der Waals surface area contributed by atoms with E-state index in [1.54, 1.807) is 6.92 Å². The quantitative estimate of drug-likeness (QED) is 0.536. The highest BCUT2D eigenvalue weighted by molar-refractivity contribution is 6.15. The van der Waals surface area contributed by atoms with E-state index in [1.807, 2.05) is 0 Å². The molecule has 4 heteroatoms. The summed E-state index contributed by atoms with van der Waals surface area (Å²) in [5.74, 6) is -0.319. The fourth-order valence-electron chi connectivity index (χ4n) is 2.73. The predicted molar refractivity (Wildman–Crippen MR) is 67.9 cm³/mol. The Hall–Kier alpha value is -1.16. The van der Waals surface area contributed by atoms with Gasteiger partial charge in [-0.15, -0.1) is 0 Å². The van der Waals surface area contributed by atoms with Gasteiger partial charge in [0.2, 0.25) is 0 Å². The Morgan fingerprint density at radius 1 is 1.33 bits per heavy atom. The fraction of sp³-hybridized carbons (Fsp3) is 0.714. The third kappa shape index (κ3) is 2.21. The molecule has 2 rings (SSSR count). The second-order valence-corrected chi connectivity index (χ2v) is 5.14. The molecule has 18 heavy (non-hydrogen) atoms. The molecule has 1 atom stereocenters. The summed E-state index contributed by atoms with van der Waals surface area (Å²) in [5.41, 5.74) is 0.617. The highest BCUT2D eigenvalue weighted by Crippen LogP contribution is 2.44. The van der Waals surface area contributed by atoms with Crippen molar-refractivity contribution in [2.45, 2.75) is 58.2 Å². The van der Waals surface area contributed by atoms with Crippen molar-refractivity contribution in [1.82, 2.24) is 4.90 Å². The Balaban J connectivity index is 1.75. The standard InChI is InChI=1S/C14H21NO3/c1-4-14(5-2)11(18-14)7-6-8-15-12(16)9-10(3)13(15)17/h9,11H,4-8H2,1-3H3.